The molecule has 0 saturated heterocycles. The lowest BCUT2D eigenvalue weighted by Gasteiger charge is -2.32. The molecule has 0 aliphatic heterocycles. The van der Waals surface area contributed by atoms with Crippen LogP contribution in [0.1, 0.15) is 70.2 Å². The first-order valence-corrected chi connectivity index (χ1v) is 7.01. The SMILES string of the molecule is CCC(C1CCCCC1)n1cncc1[C@@H](C)N. The summed E-state index contributed by atoms with van der Waals surface area (Å²) < 4.78 is 2.33. The van der Waals surface area contributed by atoms with Gasteiger partial charge < -0.3 is 10.3 Å². The first kappa shape index (κ1) is 12.6. The third-order valence-electron chi connectivity index (χ3n) is 4.13. The van der Waals surface area contributed by atoms with Crippen molar-refractivity contribution in [3.63, 3.8) is 0 Å². The largest absolute Gasteiger partial charge is 0.330 e. The van der Waals surface area contributed by atoms with E-state index in [2.05, 4.69) is 16.5 Å². The van der Waals surface area contributed by atoms with Crippen molar-refractivity contribution in [1.29, 1.82) is 0 Å². The fourth-order valence-electron chi connectivity index (χ4n) is 3.22. The maximum Gasteiger partial charge on any atom is 0.0951 e. The van der Waals surface area contributed by atoms with Crippen molar-refractivity contribution in [2.45, 2.75) is 64.5 Å². The average Bonchev–Trinajstić information content (AvgIpc) is 2.81. The Balaban J connectivity index is 2.18. The number of nitrogens with zero attached hydrogens (tertiary/aromatic N) is 2. The third kappa shape index (κ3) is 2.71. The number of hydrogen-bond acceptors (Lipinski definition) is 2. The fourth-order valence-corrected chi connectivity index (χ4v) is 3.22. The average molecular weight is 235 g/mol. The molecule has 1 saturated carbocycles. The van der Waals surface area contributed by atoms with E-state index in [9.17, 15) is 0 Å². The van der Waals surface area contributed by atoms with E-state index >= 15 is 0 Å². The lowest BCUT2D eigenvalue weighted by Crippen LogP contribution is -2.24. The monoisotopic (exact) mass is 235 g/mol. The van der Waals surface area contributed by atoms with E-state index in [0.717, 1.165) is 5.92 Å². The van der Waals surface area contributed by atoms with Crippen LogP contribution in [0.15, 0.2) is 12.5 Å². The highest BCUT2D eigenvalue weighted by Gasteiger charge is 2.25. The third-order valence-corrected chi connectivity index (χ3v) is 4.13. The molecule has 1 aliphatic rings. The minimum Gasteiger partial charge on any atom is -0.330 e. The molecule has 1 heterocycles. The maximum atomic E-state index is 6.02. The van der Waals surface area contributed by atoms with Crippen molar-refractivity contribution in [1.82, 2.24) is 9.55 Å². The van der Waals surface area contributed by atoms with Gasteiger partial charge in [-0.05, 0) is 32.1 Å². The fraction of sp³-hybridized carbons (Fsp3) is 0.786. The Bertz CT molecular complexity index is 337. The smallest absolute Gasteiger partial charge is 0.0951 e. The Kier molecular flexibility index (Phi) is 4.21. The molecule has 17 heavy (non-hydrogen) atoms. The molecular formula is C14H25N3. The first-order valence-electron chi connectivity index (χ1n) is 7.01. The number of nitrogens with two attached hydrogens (primary N) is 1. The minimum absolute atomic E-state index is 0.0788. The van der Waals surface area contributed by atoms with Crippen LogP contribution in [0.4, 0.5) is 0 Å². The molecule has 2 N–H and O–H groups in total. The van der Waals surface area contributed by atoms with Crippen LogP contribution in [-0.2, 0) is 0 Å². The Morgan fingerprint density at radius 1 is 1.41 bits per heavy atom. The predicted molar refractivity (Wildman–Crippen MR) is 70.7 cm³/mol. The van der Waals surface area contributed by atoms with Gasteiger partial charge in [-0.1, -0.05) is 26.2 Å². The maximum absolute atomic E-state index is 6.02. The van der Waals surface area contributed by atoms with E-state index < -0.39 is 0 Å². The van der Waals surface area contributed by atoms with Crippen LogP contribution in [0.2, 0.25) is 0 Å². The van der Waals surface area contributed by atoms with E-state index in [1.807, 2.05) is 19.4 Å². The molecule has 0 spiro atoms. The van der Waals surface area contributed by atoms with Crippen LogP contribution >= 0.6 is 0 Å². The van der Waals surface area contributed by atoms with Gasteiger partial charge in [-0.2, -0.15) is 0 Å². The second-order valence-corrected chi connectivity index (χ2v) is 5.39. The highest BCUT2D eigenvalue weighted by atomic mass is 15.1. The summed E-state index contributed by atoms with van der Waals surface area (Å²) in [7, 11) is 0. The molecule has 1 fully saturated rings. The lowest BCUT2D eigenvalue weighted by atomic mass is 9.82. The molecule has 2 atom stereocenters. The van der Waals surface area contributed by atoms with Gasteiger partial charge in [-0.25, -0.2) is 4.98 Å². The number of hydrogen-bond donors (Lipinski definition) is 1. The van der Waals surface area contributed by atoms with Gasteiger partial charge in [-0.3, -0.25) is 0 Å². The van der Waals surface area contributed by atoms with Gasteiger partial charge in [0, 0.05) is 18.3 Å². The van der Waals surface area contributed by atoms with Gasteiger partial charge in [0.2, 0.25) is 0 Å². The van der Waals surface area contributed by atoms with Crippen LogP contribution < -0.4 is 5.73 Å². The summed E-state index contributed by atoms with van der Waals surface area (Å²) in [6.45, 7) is 4.32. The van der Waals surface area contributed by atoms with Crippen molar-refractivity contribution >= 4 is 0 Å². The molecule has 2 rings (SSSR count). The zero-order chi connectivity index (χ0) is 12.3. The zero-order valence-corrected chi connectivity index (χ0v) is 11.1. The van der Waals surface area contributed by atoms with Gasteiger partial charge in [-0.15, -0.1) is 0 Å². The number of aromatic nitrogens is 2. The molecule has 0 aromatic carbocycles. The second kappa shape index (κ2) is 5.67. The minimum atomic E-state index is 0.0788. The molecule has 0 bridgehead atoms. The normalized spacial score (nSPS) is 21.4. The van der Waals surface area contributed by atoms with Crippen LogP contribution in [0, 0.1) is 5.92 Å². The van der Waals surface area contributed by atoms with Gasteiger partial charge in [0.1, 0.15) is 0 Å². The standard InChI is InChI=1S/C14H25N3/c1-3-13(12-7-5-4-6-8-12)17-10-16-9-14(17)11(2)15/h9-13H,3-8,15H2,1-2H3/t11-,13?/m1/s1. The van der Waals surface area contributed by atoms with Crippen LogP contribution in [0.5, 0.6) is 0 Å². The summed E-state index contributed by atoms with van der Waals surface area (Å²) in [4.78, 5) is 4.29. The van der Waals surface area contributed by atoms with E-state index in [-0.39, 0.29) is 6.04 Å². The number of imidazole rings is 1. The molecule has 96 valence electrons. The van der Waals surface area contributed by atoms with Crippen LogP contribution in [-0.4, -0.2) is 9.55 Å². The Labute approximate surface area is 104 Å². The van der Waals surface area contributed by atoms with Gasteiger partial charge in [0.05, 0.1) is 12.0 Å². The summed E-state index contributed by atoms with van der Waals surface area (Å²) in [5.41, 5.74) is 7.20. The summed E-state index contributed by atoms with van der Waals surface area (Å²) in [6.07, 6.45) is 12.0. The van der Waals surface area contributed by atoms with Crippen molar-refractivity contribution in [3.8, 4) is 0 Å². The zero-order valence-electron chi connectivity index (χ0n) is 11.1. The summed E-state index contributed by atoms with van der Waals surface area (Å²) in [5, 5.41) is 0. The summed E-state index contributed by atoms with van der Waals surface area (Å²) >= 11 is 0. The van der Waals surface area contributed by atoms with Gasteiger partial charge in [0.25, 0.3) is 0 Å². The topological polar surface area (TPSA) is 43.8 Å². The van der Waals surface area contributed by atoms with Crippen LogP contribution in [0.3, 0.4) is 0 Å². The molecule has 1 unspecified atom stereocenters. The van der Waals surface area contributed by atoms with E-state index in [1.54, 1.807) is 0 Å². The Hall–Kier alpha value is -0.830. The summed E-state index contributed by atoms with van der Waals surface area (Å²) in [5.74, 6) is 0.820. The van der Waals surface area contributed by atoms with Crippen molar-refractivity contribution in [3.05, 3.63) is 18.2 Å². The molecule has 0 radical (unpaired) electrons. The quantitative estimate of drug-likeness (QED) is 0.868. The second-order valence-electron chi connectivity index (χ2n) is 5.39. The van der Waals surface area contributed by atoms with E-state index in [0.29, 0.717) is 6.04 Å². The Morgan fingerprint density at radius 2 is 2.12 bits per heavy atom. The first-order chi connectivity index (χ1) is 8.24. The lowest BCUT2D eigenvalue weighted by molar-refractivity contribution is 0.238. The molecule has 3 heteroatoms. The van der Waals surface area contributed by atoms with Crippen molar-refractivity contribution < 1.29 is 0 Å². The van der Waals surface area contributed by atoms with Crippen molar-refractivity contribution in [2.24, 2.45) is 11.7 Å². The highest BCUT2D eigenvalue weighted by molar-refractivity contribution is 5.05. The molecule has 3 nitrogen and oxygen atoms in total. The van der Waals surface area contributed by atoms with E-state index in [1.165, 1.54) is 44.2 Å². The number of rotatable bonds is 4. The summed E-state index contributed by atoms with van der Waals surface area (Å²) in [6, 6.07) is 0.675. The van der Waals surface area contributed by atoms with Gasteiger partial charge in [0.15, 0.2) is 0 Å². The molecular weight excluding hydrogens is 210 g/mol. The predicted octanol–water partition coefficient (Wildman–Crippen LogP) is 3.43. The molecule has 1 aromatic heterocycles. The molecule has 0 amide bonds. The highest BCUT2D eigenvalue weighted by Crippen LogP contribution is 2.35. The van der Waals surface area contributed by atoms with E-state index in [4.69, 9.17) is 5.73 Å². The van der Waals surface area contributed by atoms with Crippen molar-refractivity contribution in [2.75, 3.05) is 0 Å². The molecule has 1 aliphatic carbocycles. The molecule has 1 aromatic rings. The Morgan fingerprint density at radius 3 is 2.71 bits per heavy atom. The van der Waals surface area contributed by atoms with Crippen LogP contribution in [0.25, 0.3) is 0 Å². The van der Waals surface area contributed by atoms with Gasteiger partial charge >= 0.3 is 0 Å².